The van der Waals surface area contributed by atoms with E-state index in [-0.39, 0.29) is 0 Å². The first-order valence-electron chi connectivity index (χ1n) is 6.05. The van der Waals surface area contributed by atoms with E-state index in [1.165, 1.54) is 0 Å². The lowest BCUT2D eigenvalue weighted by molar-refractivity contribution is 0.220. The van der Waals surface area contributed by atoms with Crippen molar-refractivity contribution in [2.24, 2.45) is 0 Å². The molecule has 19 heavy (non-hydrogen) atoms. The molecule has 2 heterocycles. The van der Waals surface area contributed by atoms with Crippen molar-refractivity contribution in [1.82, 2.24) is 0 Å². The third-order valence-corrected chi connectivity index (χ3v) is 4.05. The summed E-state index contributed by atoms with van der Waals surface area (Å²) in [4.78, 5) is 0. The lowest BCUT2D eigenvalue weighted by Gasteiger charge is -2.15. The second kappa shape index (κ2) is 5.41. The Labute approximate surface area is 120 Å². The first-order chi connectivity index (χ1) is 9.25. The van der Waals surface area contributed by atoms with Gasteiger partial charge in [-0.25, -0.2) is 0 Å². The zero-order valence-corrected chi connectivity index (χ0v) is 11.7. The minimum Gasteiger partial charge on any atom is -0.490 e. The molecular weight excluding hydrogens is 284 g/mol. The largest absolute Gasteiger partial charge is 0.490 e. The molecule has 2 aromatic rings. The van der Waals surface area contributed by atoms with Crippen molar-refractivity contribution in [2.45, 2.75) is 12.5 Å². The highest BCUT2D eigenvalue weighted by molar-refractivity contribution is 7.08. The molecule has 1 aliphatic rings. The fourth-order valence-electron chi connectivity index (χ4n) is 2.02. The van der Waals surface area contributed by atoms with Crippen LogP contribution in [0.2, 0.25) is 5.02 Å². The smallest absolute Gasteiger partial charge is 0.162 e. The molecule has 0 radical (unpaired) electrons. The molecular formula is C14H13ClO3S. The molecule has 1 atom stereocenters. The number of aliphatic hydroxyl groups excluding tert-OH is 1. The van der Waals surface area contributed by atoms with Gasteiger partial charge in [-0.3, -0.25) is 0 Å². The molecule has 3 nitrogen and oxygen atoms in total. The Balaban J connectivity index is 2.00. The fraction of sp³-hybridized carbons (Fsp3) is 0.286. The number of thiophene rings is 1. The highest BCUT2D eigenvalue weighted by atomic mass is 35.5. The van der Waals surface area contributed by atoms with Gasteiger partial charge in [-0.05, 0) is 28.5 Å². The Morgan fingerprint density at radius 2 is 1.95 bits per heavy atom. The molecule has 100 valence electrons. The topological polar surface area (TPSA) is 38.7 Å². The standard InChI is InChI=1S/C14H13ClO3S/c15-11-7-13-12(17-3-1-4-18-13)6-10(11)14(16)9-2-5-19-8-9/h2,5-8,14,16H,1,3-4H2. The summed E-state index contributed by atoms with van der Waals surface area (Å²) in [5.74, 6) is 1.29. The summed E-state index contributed by atoms with van der Waals surface area (Å²) in [6, 6.07) is 5.37. The third-order valence-electron chi connectivity index (χ3n) is 3.02. The van der Waals surface area contributed by atoms with Gasteiger partial charge in [0.05, 0.1) is 18.2 Å². The highest BCUT2D eigenvalue weighted by Crippen LogP contribution is 2.39. The maximum atomic E-state index is 10.4. The molecule has 1 aliphatic heterocycles. The van der Waals surface area contributed by atoms with Crippen LogP contribution >= 0.6 is 22.9 Å². The molecule has 5 heteroatoms. The van der Waals surface area contributed by atoms with Gasteiger partial charge in [0.2, 0.25) is 0 Å². The van der Waals surface area contributed by atoms with Gasteiger partial charge in [0, 0.05) is 18.1 Å². The van der Waals surface area contributed by atoms with E-state index >= 15 is 0 Å². The Kier molecular flexibility index (Phi) is 3.64. The highest BCUT2D eigenvalue weighted by Gasteiger charge is 2.19. The second-order valence-corrected chi connectivity index (χ2v) is 5.52. The SMILES string of the molecule is OC(c1ccsc1)c1cc2c(cc1Cl)OCCCO2. The normalized spacial score (nSPS) is 15.9. The van der Waals surface area contributed by atoms with Crippen LogP contribution in [0.15, 0.2) is 29.0 Å². The van der Waals surface area contributed by atoms with Crippen LogP contribution in [0.5, 0.6) is 11.5 Å². The van der Waals surface area contributed by atoms with Gasteiger partial charge < -0.3 is 14.6 Å². The molecule has 1 aromatic carbocycles. The zero-order chi connectivity index (χ0) is 13.2. The average Bonchev–Trinajstić information content (AvgIpc) is 2.84. The van der Waals surface area contributed by atoms with Crippen molar-refractivity contribution in [3.05, 3.63) is 45.1 Å². The number of halogens is 1. The van der Waals surface area contributed by atoms with Gasteiger partial charge in [0.1, 0.15) is 6.10 Å². The molecule has 0 fully saturated rings. The molecule has 0 saturated carbocycles. The average molecular weight is 297 g/mol. The molecule has 0 bridgehead atoms. The van der Waals surface area contributed by atoms with Gasteiger partial charge in [0.25, 0.3) is 0 Å². The predicted molar refractivity (Wildman–Crippen MR) is 75.4 cm³/mol. The molecule has 1 N–H and O–H groups in total. The van der Waals surface area contributed by atoms with E-state index in [1.54, 1.807) is 23.5 Å². The first kappa shape index (κ1) is 12.8. The maximum absolute atomic E-state index is 10.4. The molecule has 0 aliphatic carbocycles. The Hall–Kier alpha value is -1.23. The summed E-state index contributed by atoms with van der Waals surface area (Å²) in [5.41, 5.74) is 1.48. The quantitative estimate of drug-likeness (QED) is 0.919. The lowest BCUT2D eigenvalue weighted by Crippen LogP contribution is -2.01. The minimum atomic E-state index is -0.740. The number of benzene rings is 1. The van der Waals surface area contributed by atoms with E-state index in [0.717, 1.165) is 12.0 Å². The van der Waals surface area contributed by atoms with Crippen molar-refractivity contribution in [3.8, 4) is 11.5 Å². The number of ether oxygens (including phenoxy) is 2. The minimum absolute atomic E-state index is 0.489. The van der Waals surface area contributed by atoms with Crippen LogP contribution in [0, 0.1) is 0 Å². The van der Waals surface area contributed by atoms with Crippen LogP contribution in [-0.2, 0) is 0 Å². The number of hydrogen-bond acceptors (Lipinski definition) is 4. The molecule has 0 saturated heterocycles. The number of aliphatic hydroxyl groups is 1. The zero-order valence-electron chi connectivity index (χ0n) is 10.1. The summed E-state index contributed by atoms with van der Waals surface area (Å²) in [6.07, 6.45) is 0.102. The summed E-state index contributed by atoms with van der Waals surface area (Å²) in [7, 11) is 0. The van der Waals surface area contributed by atoms with Gasteiger partial charge in [-0.15, -0.1) is 0 Å². The Morgan fingerprint density at radius 3 is 2.63 bits per heavy atom. The number of fused-ring (bicyclic) bond motifs is 1. The lowest BCUT2D eigenvalue weighted by atomic mass is 10.0. The first-order valence-corrected chi connectivity index (χ1v) is 7.37. The monoisotopic (exact) mass is 296 g/mol. The molecule has 0 amide bonds. The third kappa shape index (κ3) is 2.56. The van der Waals surface area contributed by atoms with Gasteiger partial charge >= 0.3 is 0 Å². The fourth-order valence-corrected chi connectivity index (χ4v) is 2.96. The molecule has 0 spiro atoms. The summed E-state index contributed by atoms with van der Waals surface area (Å²) in [5, 5.41) is 14.7. The molecule has 1 unspecified atom stereocenters. The van der Waals surface area contributed by atoms with Crippen molar-refractivity contribution in [2.75, 3.05) is 13.2 Å². The summed E-state index contributed by atoms with van der Waals surface area (Å²) >= 11 is 7.78. The van der Waals surface area contributed by atoms with Crippen LogP contribution in [0.3, 0.4) is 0 Å². The van der Waals surface area contributed by atoms with Crippen LogP contribution in [-0.4, -0.2) is 18.3 Å². The summed E-state index contributed by atoms with van der Waals surface area (Å²) < 4.78 is 11.2. The predicted octanol–water partition coefficient (Wildman–Crippen LogP) is 3.64. The van der Waals surface area contributed by atoms with Crippen molar-refractivity contribution >= 4 is 22.9 Å². The summed E-state index contributed by atoms with van der Waals surface area (Å²) in [6.45, 7) is 1.23. The van der Waals surface area contributed by atoms with E-state index in [0.29, 0.717) is 35.3 Å². The van der Waals surface area contributed by atoms with Crippen molar-refractivity contribution in [3.63, 3.8) is 0 Å². The van der Waals surface area contributed by atoms with Crippen molar-refractivity contribution < 1.29 is 14.6 Å². The van der Waals surface area contributed by atoms with Gasteiger partial charge in [-0.1, -0.05) is 11.6 Å². The maximum Gasteiger partial charge on any atom is 0.162 e. The van der Waals surface area contributed by atoms with Crippen LogP contribution in [0.1, 0.15) is 23.7 Å². The van der Waals surface area contributed by atoms with Crippen molar-refractivity contribution in [1.29, 1.82) is 0 Å². The Bertz CT molecular complexity index is 568. The Morgan fingerprint density at radius 1 is 1.21 bits per heavy atom. The molecule has 3 rings (SSSR count). The van der Waals surface area contributed by atoms with Crippen LogP contribution in [0.25, 0.3) is 0 Å². The molecule has 1 aromatic heterocycles. The number of hydrogen-bond donors (Lipinski definition) is 1. The van der Waals surface area contributed by atoms with E-state index in [1.807, 2.05) is 16.8 Å². The van der Waals surface area contributed by atoms with Crippen LogP contribution < -0.4 is 9.47 Å². The van der Waals surface area contributed by atoms with E-state index in [9.17, 15) is 5.11 Å². The van der Waals surface area contributed by atoms with E-state index < -0.39 is 6.10 Å². The van der Waals surface area contributed by atoms with Gasteiger partial charge in [0.15, 0.2) is 11.5 Å². The van der Waals surface area contributed by atoms with Crippen LogP contribution in [0.4, 0.5) is 0 Å². The van der Waals surface area contributed by atoms with E-state index in [4.69, 9.17) is 21.1 Å². The second-order valence-electron chi connectivity index (χ2n) is 4.33. The number of rotatable bonds is 2. The van der Waals surface area contributed by atoms with Gasteiger partial charge in [-0.2, -0.15) is 11.3 Å². The van der Waals surface area contributed by atoms with E-state index in [2.05, 4.69) is 0 Å².